The van der Waals surface area contributed by atoms with Crippen LogP contribution in [0.1, 0.15) is 59.3 Å². The minimum Gasteiger partial charge on any atom is -0.343 e. The van der Waals surface area contributed by atoms with Crippen molar-refractivity contribution in [3.8, 4) is 0 Å². The van der Waals surface area contributed by atoms with Gasteiger partial charge in [-0.15, -0.1) is 0 Å². The Bertz CT molecular complexity index is 392. The second kappa shape index (κ2) is 6.80. The first kappa shape index (κ1) is 16.3. The van der Waals surface area contributed by atoms with Crippen molar-refractivity contribution in [1.29, 1.82) is 0 Å². The smallest absolute Gasteiger partial charge is 0.222 e. The molecule has 2 aliphatic rings. The van der Waals surface area contributed by atoms with Gasteiger partial charge in [0.25, 0.3) is 0 Å². The Labute approximate surface area is 128 Å². The molecule has 2 saturated heterocycles. The number of carbonyl (C=O) groups excluding carboxylic acids is 2. The van der Waals surface area contributed by atoms with E-state index in [-0.39, 0.29) is 5.41 Å². The van der Waals surface area contributed by atoms with Crippen molar-refractivity contribution in [2.45, 2.75) is 59.3 Å². The lowest BCUT2D eigenvalue weighted by atomic mass is 9.80. The van der Waals surface area contributed by atoms with Crippen molar-refractivity contribution >= 4 is 11.8 Å². The molecule has 0 radical (unpaired) electrons. The maximum atomic E-state index is 11.7. The van der Waals surface area contributed by atoms with Crippen LogP contribution in [0.4, 0.5) is 0 Å². The quantitative estimate of drug-likeness (QED) is 0.724. The predicted molar refractivity (Wildman–Crippen MR) is 83.8 cm³/mol. The summed E-state index contributed by atoms with van der Waals surface area (Å²) in [6.45, 7) is 10.5. The molecule has 0 aliphatic carbocycles. The third kappa shape index (κ3) is 4.72. The molecule has 1 unspecified atom stereocenters. The lowest BCUT2D eigenvalue weighted by molar-refractivity contribution is -0.129. The number of amides is 2. The van der Waals surface area contributed by atoms with E-state index in [1.165, 1.54) is 0 Å². The molecule has 2 heterocycles. The first-order valence-electron chi connectivity index (χ1n) is 8.43. The summed E-state index contributed by atoms with van der Waals surface area (Å²) in [5.41, 5.74) is 0.227. The van der Waals surface area contributed by atoms with Crippen LogP contribution in [0.2, 0.25) is 0 Å². The Morgan fingerprint density at radius 3 is 2.14 bits per heavy atom. The van der Waals surface area contributed by atoms with E-state index in [1.54, 1.807) is 0 Å². The Balaban J connectivity index is 1.74. The van der Waals surface area contributed by atoms with E-state index in [0.29, 0.717) is 17.7 Å². The van der Waals surface area contributed by atoms with E-state index in [4.69, 9.17) is 0 Å². The van der Waals surface area contributed by atoms with Gasteiger partial charge < -0.3 is 9.80 Å². The van der Waals surface area contributed by atoms with Gasteiger partial charge in [-0.3, -0.25) is 9.59 Å². The Kier molecular flexibility index (Phi) is 5.28. The van der Waals surface area contributed by atoms with Crippen LogP contribution in [0, 0.1) is 11.3 Å². The molecule has 0 aromatic carbocycles. The van der Waals surface area contributed by atoms with Crippen molar-refractivity contribution in [2.75, 3.05) is 26.2 Å². The van der Waals surface area contributed by atoms with E-state index in [2.05, 4.69) is 20.8 Å². The lowest BCUT2D eigenvalue weighted by Crippen LogP contribution is -2.33. The summed E-state index contributed by atoms with van der Waals surface area (Å²) < 4.78 is 0. The summed E-state index contributed by atoms with van der Waals surface area (Å²) in [4.78, 5) is 27.4. The molecule has 120 valence electrons. The van der Waals surface area contributed by atoms with Crippen molar-refractivity contribution in [2.24, 2.45) is 11.3 Å². The van der Waals surface area contributed by atoms with Gasteiger partial charge in [-0.1, -0.05) is 20.8 Å². The van der Waals surface area contributed by atoms with Gasteiger partial charge in [0.15, 0.2) is 0 Å². The number of hydrogen-bond acceptors (Lipinski definition) is 2. The van der Waals surface area contributed by atoms with Crippen molar-refractivity contribution in [3.05, 3.63) is 0 Å². The normalized spacial score (nSPS) is 21.5. The van der Waals surface area contributed by atoms with Gasteiger partial charge in [0.2, 0.25) is 11.8 Å². The third-order valence-corrected chi connectivity index (χ3v) is 4.83. The van der Waals surface area contributed by atoms with Gasteiger partial charge in [-0.25, -0.2) is 0 Å². The Morgan fingerprint density at radius 1 is 1.05 bits per heavy atom. The molecule has 0 spiro atoms. The van der Waals surface area contributed by atoms with Crippen molar-refractivity contribution in [3.63, 3.8) is 0 Å². The second-order valence-corrected chi connectivity index (χ2v) is 7.65. The largest absolute Gasteiger partial charge is 0.343 e. The highest BCUT2D eigenvalue weighted by atomic mass is 16.2. The topological polar surface area (TPSA) is 40.6 Å². The van der Waals surface area contributed by atoms with Crippen LogP contribution in [0.3, 0.4) is 0 Å². The summed E-state index contributed by atoms with van der Waals surface area (Å²) in [5, 5.41) is 0. The monoisotopic (exact) mass is 294 g/mol. The summed E-state index contributed by atoms with van der Waals surface area (Å²) >= 11 is 0. The fourth-order valence-electron chi connectivity index (χ4n) is 3.76. The average molecular weight is 294 g/mol. The molecular formula is C17H30N2O2. The van der Waals surface area contributed by atoms with Gasteiger partial charge in [0.1, 0.15) is 0 Å². The van der Waals surface area contributed by atoms with Crippen LogP contribution in [0.25, 0.3) is 0 Å². The first-order chi connectivity index (χ1) is 9.87. The molecule has 4 heteroatoms. The zero-order valence-corrected chi connectivity index (χ0v) is 13.9. The fraction of sp³-hybridized carbons (Fsp3) is 0.882. The minimum absolute atomic E-state index is 0.227. The summed E-state index contributed by atoms with van der Waals surface area (Å²) in [5.74, 6) is 1.17. The Morgan fingerprint density at radius 2 is 1.62 bits per heavy atom. The van der Waals surface area contributed by atoms with E-state index < -0.39 is 0 Å². The fourth-order valence-corrected chi connectivity index (χ4v) is 3.76. The molecule has 2 aliphatic heterocycles. The van der Waals surface area contributed by atoms with Gasteiger partial charge in [-0.05, 0) is 37.0 Å². The van der Waals surface area contributed by atoms with Crippen molar-refractivity contribution < 1.29 is 9.59 Å². The molecule has 0 aromatic rings. The SMILES string of the molecule is CC(CN1CCCC1=O)CC(C)(C)CCN1CCCC1=O. The molecule has 21 heavy (non-hydrogen) atoms. The maximum Gasteiger partial charge on any atom is 0.222 e. The van der Waals surface area contributed by atoms with Crippen LogP contribution in [-0.2, 0) is 9.59 Å². The zero-order chi connectivity index (χ0) is 15.5. The number of rotatable bonds is 7. The number of nitrogens with zero attached hydrogens (tertiary/aromatic N) is 2. The molecule has 2 rings (SSSR count). The van der Waals surface area contributed by atoms with Crippen molar-refractivity contribution in [1.82, 2.24) is 9.80 Å². The molecule has 0 saturated carbocycles. The number of hydrogen-bond donors (Lipinski definition) is 0. The van der Waals surface area contributed by atoms with E-state index in [0.717, 1.165) is 64.7 Å². The zero-order valence-electron chi connectivity index (χ0n) is 13.9. The number of likely N-dealkylation sites (tertiary alicyclic amines) is 2. The Hall–Kier alpha value is -1.06. The average Bonchev–Trinajstić information content (AvgIpc) is 2.96. The standard InChI is InChI=1S/C17H30N2O2/c1-14(13-19-10-5-7-16(19)21)12-17(2,3)8-11-18-9-4-6-15(18)20/h14H,4-13H2,1-3H3. The second-order valence-electron chi connectivity index (χ2n) is 7.65. The van der Waals surface area contributed by atoms with E-state index in [9.17, 15) is 9.59 Å². The highest BCUT2D eigenvalue weighted by Crippen LogP contribution is 2.31. The highest BCUT2D eigenvalue weighted by Gasteiger charge is 2.28. The molecule has 2 amide bonds. The van der Waals surface area contributed by atoms with Crippen LogP contribution in [0.5, 0.6) is 0 Å². The molecule has 2 fully saturated rings. The molecule has 0 N–H and O–H groups in total. The summed E-state index contributed by atoms with van der Waals surface area (Å²) in [7, 11) is 0. The molecule has 0 aromatic heterocycles. The van der Waals surface area contributed by atoms with Gasteiger partial charge >= 0.3 is 0 Å². The minimum atomic E-state index is 0.227. The molecule has 4 nitrogen and oxygen atoms in total. The van der Waals surface area contributed by atoms with Gasteiger partial charge in [0, 0.05) is 39.0 Å². The lowest BCUT2D eigenvalue weighted by Gasteiger charge is -2.31. The van der Waals surface area contributed by atoms with E-state index in [1.807, 2.05) is 9.80 Å². The molecule has 0 bridgehead atoms. The third-order valence-electron chi connectivity index (χ3n) is 4.83. The van der Waals surface area contributed by atoms with Gasteiger partial charge in [0.05, 0.1) is 0 Å². The molecule has 1 atom stereocenters. The first-order valence-corrected chi connectivity index (χ1v) is 8.43. The highest BCUT2D eigenvalue weighted by molar-refractivity contribution is 5.78. The summed E-state index contributed by atoms with van der Waals surface area (Å²) in [6, 6.07) is 0. The molecular weight excluding hydrogens is 264 g/mol. The van der Waals surface area contributed by atoms with Gasteiger partial charge in [-0.2, -0.15) is 0 Å². The predicted octanol–water partition coefficient (Wildman–Crippen LogP) is 2.67. The van der Waals surface area contributed by atoms with Crippen LogP contribution < -0.4 is 0 Å². The maximum absolute atomic E-state index is 11.7. The van der Waals surface area contributed by atoms with Crippen LogP contribution in [0.15, 0.2) is 0 Å². The van der Waals surface area contributed by atoms with Crippen LogP contribution in [-0.4, -0.2) is 47.8 Å². The summed E-state index contributed by atoms with van der Waals surface area (Å²) in [6.07, 6.45) is 5.66. The van der Waals surface area contributed by atoms with E-state index >= 15 is 0 Å². The number of carbonyl (C=O) groups is 2. The van der Waals surface area contributed by atoms with Crippen LogP contribution >= 0.6 is 0 Å².